The summed E-state index contributed by atoms with van der Waals surface area (Å²) in [5.41, 5.74) is 2.87. The van der Waals surface area contributed by atoms with E-state index in [1.165, 1.54) is 4.88 Å². The highest BCUT2D eigenvalue weighted by molar-refractivity contribution is 7.10. The Labute approximate surface area is 133 Å². The maximum absolute atomic E-state index is 6.14. The van der Waals surface area contributed by atoms with Crippen LogP contribution >= 0.6 is 22.9 Å². The summed E-state index contributed by atoms with van der Waals surface area (Å²) in [5, 5.41) is 2.12. The fourth-order valence-electron chi connectivity index (χ4n) is 2.69. The van der Waals surface area contributed by atoms with E-state index in [2.05, 4.69) is 34.0 Å². The summed E-state index contributed by atoms with van der Waals surface area (Å²) in [7, 11) is 0. The van der Waals surface area contributed by atoms with Gasteiger partial charge >= 0.3 is 0 Å². The maximum atomic E-state index is 6.14. The van der Waals surface area contributed by atoms with Crippen LogP contribution in [0.4, 0.5) is 0 Å². The fourth-order valence-corrected chi connectivity index (χ4v) is 3.73. The third kappa shape index (κ3) is 2.70. The molecule has 110 valence electrons. The number of hydrogen-bond donors (Lipinski definition) is 0. The quantitative estimate of drug-likeness (QED) is 0.624. The molecule has 1 unspecified atom stereocenters. The number of thiophene rings is 1. The van der Waals surface area contributed by atoms with Crippen LogP contribution in [0.2, 0.25) is 0 Å². The Kier molecular flexibility index (Phi) is 4.27. The first-order chi connectivity index (χ1) is 10.2. The third-order valence-corrected chi connectivity index (χ3v) is 4.83. The smallest absolute Gasteiger partial charge is 0.160 e. The summed E-state index contributed by atoms with van der Waals surface area (Å²) in [6.07, 6.45) is 2.17. The van der Waals surface area contributed by atoms with Crippen LogP contribution in [0.3, 0.4) is 0 Å². The van der Waals surface area contributed by atoms with Crippen molar-refractivity contribution in [1.82, 2.24) is 14.5 Å². The van der Waals surface area contributed by atoms with Gasteiger partial charge in [0.05, 0.1) is 11.9 Å². The highest BCUT2D eigenvalue weighted by Crippen LogP contribution is 2.32. The summed E-state index contributed by atoms with van der Waals surface area (Å²) < 4.78 is 2.23. The molecule has 3 aromatic heterocycles. The van der Waals surface area contributed by atoms with E-state index in [1.54, 1.807) is 11.3 Å². The van der Waals surface area contributed by atoms with Crippen molar-refractivity contribution in [2.75, 3.05) is 0 Å². The molecule has 0 radical (unpaired) electrons. The number of alkyl halides is 1. The Morgan fingerprint density at radius 1 is 1.29 bits per heavy atom. The number of aromatic nitrogens is 3. The van der Waals surface area contributed by atoms with Crippen LogP contribution in [0.5, 0.6) is 0 Å². The Morgan fingerprint density at radius 3 is 2.81 bits per heavy atom. The average Bonchev–Trinajstić information content (AvgIpc) is 3.12. The number of imidazole rings is 1. The van der Waals surface area contributed by atoms with E-state index in [-0.39, 0.29) is 6.04 Å². The monoisotopic (exact) mass is 319 g/mol. The molecule has 0 N–H and O–H groups in total. The van der Waals surface area contributed by atoms with Gasteiger partial charge in [-0.15, -0.1) is 22.9 Å². The lowest BCUT2D eigenvalue weighted by atomic mass is 10.1. The van der Waals surface area contributed by atoms with Crippen LogP contribution in [-0.4, -0.2) is 14.5 Å². The summed E-state index contributed by atoms with van der Waals surface area (Å²) in [6, 6.07) is 8.58. The maximum Gasteiger partial charge on any atom is 0.160 e. The predicted molar refractivity (Wildman–Crippen MR) is 89.2 cm³/mol. The van der Waals surface area contributed by atoms with Gasteiger partial charge in [0.25, 0.3) is 0 Å². The molecule has 21 heavy (non-hydrogen) atoms. The zero-order valence-electron chi connectivity index (χ0n) is 12.2. The van der Waals surface area contributed by atoms with Crippen LogP contribution in [0, 0.1) is 6.92 Å². The van der Waals surface area contributed by atoms with Gasteiger partial charge in [0.2, 0.25) is 0 Å². The molecule has 0 bridgehead atoms. The predicted octanol–water partition coefficient (Wildman–Crippen LogP) is 4.93. The minimum absolute atomic E-state index is 0.267. The molecule has 3 nitrogen and oxygen atoms in total. The largest absolute Gasteiger partial charge is 0.303 e. The van der Waals surface area contributed by atoms with Gasteiger partial charge in [0, 0.05) is 10.6 Å². The molecule has 0 aromatic carbocycles. The molecule has 0 amide bonds. The molecular formula is C16H18ClN3S. The first kappa shape index (κ1) is 14.5. The van der Waals surface area contributed by atoms with E-state index in [0.29, 0.717) is 5.88 Å². The Morgan fingerprint density at radius 2 is 2.14 bits per heavy atom. The molecule has 5 heteroatoms. The van der Waals surface area contributed by atoms with Crippen molar-refractivity contribution in [3.8, 4) is 0 Å². The normalized spacial score (nSPS) is 12.9. The second kappa shape index (κ2) is 6.16. The van der Waals surface area contributed by atoms with E-state index < -0.39 is 0 Å². The lowest BCUT2D eigenvalue weighted by molar-refractivity contribution is 0.537. The highest BCUT2D eigenvalue weighted by atomic mass is 35.5. The molecule has 0 fully saturated rings. The van der Waals surface area contributed by atoms with E-state index in [1.807, 2.05) is 19.1 Å². The Bertz CT molecular complexity index is 733. The first-order valence-electron chi connectivity index (χ1n) is 7.18. The first-order valence-corrected chi connectivity index (χ1v) is 8.59. The molecule has 3 aromatic rings. The summed E-state index contributed by atoms with van der Waals surface area (Å²) in [4.78, 5) is 10.7. The van der Waals surface area contributed by atoms with Gasteiger partial charge in [0.15, 0.2) is 5.65 Å². The van der Waals surface area contributed by atoms with Crippen molar-refractivity contribution in [3.63, 3.8) is 0 Å². The summed E-state index contributed by atoms with van der Waals surface area (Å²) >= 11 is 7.92. The SMILES string of the molecule is CCCC(c1cccs1)n1c(CCl)nc2ccc(C)nc21. The number of hydrogen-bond acceptors (Lipinski definition) is 3. The molecule has 0 aliphatic carbocycles. The Balaban J connectivity index is 2.22. The van der Waals surface area contributed by atoms with Crippen LogP contribution < -0.4 is 0 Å². The van der Waals surface area contributed by atoms with Crippen LogP contribution in [0.25, 0.3) is 11.2 Å². The minimum Gasteiger partial charge on any atom is -0.303 e. The van der Waals surface area contributed by atoms with Crippen molar-refractivity contribution in [2.24, 2.45) is 0 Å². The van der Waals surface area contributed by atoms with Gasteiger partial charge in [0.1, 0.15) is 11.3 Å². The molecule has 0 aliphatic heterocycles. The molecular weight excluding hydrogens is 302 g/mol. The van der Waals surface area contributed by atoms with E-state index in [0.717, 1.165) is 35.5 Å². The van der Waals surface area contributed by atoms with Crippen LogP contribution in [0.1, 0.15) is 42.2 Å². The van der Waals surface area contributed by atoms with E-state index >= 15 is 0 Å². The molecule has 0 spiro atoms. The second-order valence-corrected chi connectivity index (χ2v) is 6.39. The highest BCUT2D eigenvalue weighted by Gasteiger charge is 2.21. The number of rotatable bonds is 5. The van der Waals surface area contributed by atoms with Crippen molar-refractivity contribution >= 4 is 34.1 Å². The summed E-state index contributed by atoms with van der Waals surface area (Å²) in [6.45, 7) is 4.22. The third-order valence-electron chi connectivity index (χ3n) is 3.61. The van der Waals surface area contributed by atoms with Gasteiger partial charge < -0.3 is 4.57 Å². The van der Waals surface area contributed by atoms with Crippen LogP contribution in [-0.2, 0) is 5.88 Å². The topological polar surface area (TPSA) is 30.7 Å². The number of pyridine rings is 1. The second-order valence-electron chi connectivity index (χ2n) is 5.15. The van der Waals surface area contributed by atoms with Gasteiger partial charge in [-0.2, -0.15) is 0 Å². The van der Waals surface area contributed by atoms with Crippen molar-refractivity contribution in [1.29, 1.82) is 0 Å². The zero-order chi connectivity index (χ0) is 14.8. The molecule has 0 saturated carbocycles. The lowest BCUT2D eigenvalue weighted by Gasteiger charge is -2.19. The van der Waals surface area contributed by atoms with Crippen LogP contribution in [0.15, 0.2) is 29.6 Å². The number of nitrogens with zero attached hydrogens (tertiary/aromatic N) is 3. The zero-order valence-corrected chi connectivity index (χ0v) is 13.8. The lowest BCUT2D eigenvalue weighted by Crippen LogP contribution is -2.13. The molecule has 3 heterocycles. The molecule has 3 rings (SSSR count). The van der Waals surface area contributed by atoms with Crippen molar-refractivity contribution in [2.45, 2.75) is 38.6 Å². The fraction of sp³-hybridized carbons (Fsp3) is 0.375. The van der Waals surface area contributed by atoms with E-state index in [4.69, 9.17) is 16.6 Å². The summed E-state index contributed by atoms with van der Waals surface area (Å²) in [5.74, 6) is 1.30. The minimum atomic E-state index is 0.267. The molecule has 1 atom stereocenters. The number of fused-ring (bicyclic) bond motifs is 1. The van der Waals surface area contributed by atoms with Gasteiger partial charge in [-0.25, -0.2) is 9.97 Å². The average molecular weight is 320 g/mol. The Hall–Kier alpha value is -1.39. The number of halogens is 1. The van der Waals surface area contributed by atoms with Gasteiger partial charge in [-0.3, -0.25) is 0 Å². The van der Waals surface area contributed by atoms with Gasteiger partial charge in [-0.05, 0) is 36.9 Å². The van der Waals surface area contributed by atoms with E-state index in [9.17, 15) is 0 Å². The van der Waals surface area contributed by atoms with Crippen molar-refractivity contribution in [3.05, 3.63) is 46.0 Å². The van der Waals surface area contributed by atoms with Crippen molar-refractivity contribution < 1.29 is 0 Å². The van der Waals surface area contributed by atoms with Gasteiger partial charge in [-0.1, -0.05) is 19.4 Å². The molecule has 0 aliphatic rings. The molecule has 0 saturated heterocycles. The standard InChI is InChI=1S/C16H18ClN3S/c1-3-5-13(14-6-4-9-21-14)20-15(10-17)19-12-8-7-11(2)18-16(12)20/h4,6-9,13H,3,5,10H2,1-2H3. The number of aryl methyl sites for hydroxylation is 1.